The summed E-state index contributed by atoms with van der Waals surface area (Å²) >= 11 is 1.13. The molecule has 43 heavy (non-hydrogen) atoms. The van der Waals surface area contributed by atoms with Gasteiger partial charge in [0, 0.05) is 48.6 Å². The number of alkyl halides is 1. The number of thiophene rings is 1. The summed E-state index contributed by atoms with van der Waals surface area (Å²) in [4.78, 5) is 79.0. The van der Waals surface area contributed by atoms with Gasteiger partial charge in [-0.15, -0.1) is 11.3 Å². The number of halogens is 1. The minimum atomic E-state index is -4.98. The number of hydrogen-bond acceptors (Lipinski definition) is 7. The van der Waals surface area contributed by atoms with Crippen LogP contribution in [0.1, 0.15) is 64.7 Å². The van der Waals surface area contributed by atoms with Gasteiger partial charge in [0.15, 0.2) is 0 Å². The highest BCUT2D eigenvalue weighted by atomic mass is 32.1. The number of carbonyl (C=O) groups excluding carboxylic acids is 3. The first-order chi connectivity index (χ1) is 20.4. The van der Waals surface area contributed by atoms with Crippen LogP contribution < -0.4 is 10.9 Å². The van der Waals surface area contributed by atoms with Gasteiger partial charge in [-0.2, -0.15) is 0 Å². The van der Waals surface area contributed by atoms with Gasteiger partial charge in [-0.1, -0.05) is 6.07 Å². The van der Waals surface area contributed by atoms with E-state index in [2.05, 4.69) is 10.3 Å². The van der Waals surface area contributed by atoms with Crippen molar-refractivity contribution in [2.75, 3.05) is 13.1 Å². The van der Waals surface area contributed by atoms with Crippen molar-refractivity contribution in [2.45, 2.75) is 62.1 Å². The predicted molar refractivity (Wildman–Crippen MR) is 155 cm³/mol. The van der Waals surface area contributed by atoms with Crippen molar-refractivity contribution in [1.82, 2.24) is 24.7 Å². The van der Waals surface area contributed by atoms with Crippen molar-refractivity contribution < 1.29 is 33.1 Å². The third-order valence-electron chi connectivity index (χ3n) is 8.66. The van der Waals surface area contributed by atoms with Crippen LogP contribution in [0.4, 0.5) is 4.39 Å². The summed E-state index contributed by atoms with van der Waals surface area (Å²) in [6.45, 7) is 0.766. The molecule has 0 saturated carbocycles. The first-order valence-electron chi connectivity index (χ1n) is 14.1. The third-order valence-corrected chi connectivity index (χ3v) is 10.7. The summed E-state index contributed by atoms with van der Waals surface area (Å²) in [6, 6.07) is 4.06. The maximum Gasteiger partial charge on any atom is 0.363 e. The molecule has 3 amide bonds. The second-order valence-electron chi connectivity index (χ2n) is 11.5. The van der Waals surface area contributed by atoms with Gasteiger partial charge in [0.25, 0.3) is 11.5 Å². The molecule has 1 aromatic carbocycles. The second-order valence-corrected chi connectivity index (χ2v) is 14.2. The van der Waals surface area contributed by atoms with Gasteiger partial charge in [-0.05, 0) is 61.3 Å². The van der Waals surface area contributed by atoms with E-state index >= 15 is 0 Å². The number of rotatable bonds is 6. The summed E-state index contributed by atoms with van der Waals surface area (Å²) < 4.78 is 27.6. The molecule has 0 spiro atoms. The molecule has 3 saturated heterocycles. The van der Waals surface area contributed by atoms with Crippen LogP contribution in [0.15, 0.2) is 41.6 Å². The van der Waals surface area contributed by atoms with Gasteiger partial charge in [0.1, 0.15) is 12.1 Å². The molecular formula is C28H31FN5O7PS. The van der Waals surface area contributed by atoms with Gasteiger partial charge in [0.2, 0.25) is 17.7 Å². The Bertz CT molecular complexity index is 1720. The standard InChI is InChI=1S/C28H31FN5O7PS/c1-32-14-30-11-19(26(32)36)17-12-33(13-17)28(38)21-7-6-18-3-2-4-20(27(37)34(18)21)31-25(35)23-10-16-9-15(5-8-22(16)43-23)24(29)42(39,40)41/h5,8-11,14,17-18,20-21,24H,2-4,6-7,12-13H2,1H3,(H,31,35)(H2,39,40,41)/t18?,20-,21-,24?/m0/s1. The minimum absolute atomic E-state index is 0.0866. The van der Waals surface area contributed by atoms with E-state index in [1.165, 1.54) is 35.2 Å². The molecule has 12 nitrogen and oxygen atoms in total. The van der Waals surface area contributed by atoms with Crippen molar-refractivity contribution in [3.8, 4) is 0 Å². The molecule has 4 atom stereocenters. The largest absolute Gasteiger partial charge is 0.363 e. The van der Waals surface area contributed by atoms with E-state index in [0.29, 0.717) is 54.4 Å². The molecule has 0 aliphatic carbocycles. The minimum Gasteiger partial charge on any atom is -0.340 e. The Morgan fingerprint density at radius 2 is 1.91 bits per heavy atom. The van der Waals surface area contributed by atoms with Gasteiger partial charge < -0.3 is 29.5 Å². The van der Waals surface area contributed by atoms with E-state index in [0.717, 1.165) is 17.8 Å². The Hall–Kier alpha value is -3.45. The fraction of sp³-hybridized carbons (Fsp3) is 0.464. The first-order valence-corrected chi connectivity index (χ1v) is 16.6. The Balaban J connectivity index is 1.14. The number of amides is 3. The van der Waals surface area contributed by atoms with E-state index in [1.54, 1.807) is 23.0 Å². The van der Waals surface area contributed by atoms with Crippen molar-refractivity contribution in [1.29, 1.82) is 0 Å². The van der Waals surface area contributed by atoms with Crippen LogP contribution in [0.5, 0.6) is 0 Å². The summed E-state index contributed by atoms with van der Waals surface area (Å²) in [7, 11) is -3.35. The zero-order chi connectivity index (χ0) is 30.6. The molecule has 15 heteroatoms. The lowest BCUT2D eigenvalue weighted by Crippen LogP contribution is -2.59. The maximum atomic E-state index is 14.2. The number of aromatic nitrogens is 2. The molecule has 3 aliphatic heterocycles. The molecule has 0 radical (unpaired) electrons. The third kappa shape index (κ3) is 5.52. The molecule has 3 fully saturated rings. The van der Waals surface area contributed by atoms with Gasteiger partial charge in [-0.3, -0.25) is 23.7 Å². The number of benzene rings is 1. The van der Waals surface area contributed by atoms with E-state index in [-0.39, 0.29) is 39.8 Å². The van der Waals surface area contributed by atoms with Crippen LogP contribution in [0, 0.1) is 0 Å². The molecule has 3 aliphatic rings. The molecule has 6 rings (SSSR count). The van der Waals surface area contributed by atoms with E-state index < -0.39 is 31.5 Å². The summed E-state index contributed by atoms with van der Waals surface area (Å²) in [6.07, 6.45) is 6.08. The van der Waals surface area contributed by atoms with Crippen LogP contribution in [0.3, 0.4) is 0 Å². The number of aryl methyl sites for hydroxylation is 1. The number of nitrogens with zero attached hydrogens (tertiary/aromatic N) is 4. The highest BCUT2D eigenvalue weighted by Gasteiger charge is 2.47. The molecule has 228 valence electrons. The SMILES string of the molecule is Cn1cncc(C2CN(C(=O)[C@@H]3CCC4CCC[C@H](NC(=O)c5cc6cc(C(F)P(=O)(O)O)ccc6s5)C(=O)N43)C2)c1=O. The number of hydrogen-bond donors (Lipinski definition) is 3. The lowest BCUT2D eigenvalue weighted by molar-refractivity contribution is -0.148. The Kier molecular flexibility index (Phi) is 7.74. The Morgan fingerprint density at radius 3 is 2.65 bits per heavy atom. The second kappa shape index (κ2) is 11.2. The quantitative estimate of drug-likeness (QED) is 0.350. The molecule has 5 heterocycles. The van der Waals surface area contributed by atoms with E-state index in [1.807, 2.05) is 0 Å². The zero-order valence-electron chi connectivity index (χ0n) is 23.3. The Labute approximate surface area is 249 Å². The van der Waals surface area contributed by atoms with Crippen molar-refractivity contribution in [3.05, 3.63) is 63.1 Å². The Morgan fingerprint density at radius 1 is 1.14 bits per heavy atom. The van der Waals surface area contributed by atoms with Crippen molar-refractivity contribution >= 4 is 46.7 Å². The van der Waals surface area contributed by atoms with Gasteiger partial charge in [0.05, 0.1) is 11.2 Å². The van der Waals surface area contributed by atoms with Crippen molar-refractivity contribution in [2.24, 2.45) is 7.05 Å². The lowest BCUT2D eigenvalue weighted by Gasteiger charge is -2.42. The van der Waals surface area contributed by atoms with Crippen LogP contribution in [-0.4, -0.2) is 78.1 Å². The average molecular weight is 632 g/mol. The monoisotopic (exact) mass is 631 g/mol. The molecule has 0 bridgehead atoms. The molecule has 3 N–H and O–H groups in total. The van der Waals surface area contributed by atoms with Crippen molar-refractivity contribution in [3.63, 3.8) is 0 Å². The fourth-order valence-corrected chi connectivity index (χ4v) is 7.85. The highest BCUT2D eigenvalue weighted by Crippen LogP contribution is 2.53. The number of nitrogens with one attached hydrogen (secondary N) is 1. The first kappa shape index (κ1) is 29.6. The smallest absolute Gasteiger partial charge is 0.340 e. The average Bonchev–Trinajstić information content (AvgIpc) is 3.53. The molecule has 2 aromatic heterocycles. The van der Waals surface area contributed by atoms with Gasteiger partial charge >= 0.3 is 7.60 Å². The van der Waals surface area contributed by atoms with Crippen LogP contribution in [-0.2, 0) is 21.2 Å². The summed E-state index contributed by atoms with van der Waals surface area (Å²) in [5, 5.41) is 3.29. The number of carbonyl (C=O) groups is 3. The van der Waals surface area contributed by atoms with E-state index in [9.17, 15) is 37.9 Å². The van der Waals surface area contributed by atoms with E-state index in [4.69, 9.17) is 0 Å². The summed E-state index contributed by atoms with van der Waals surface area (Å²) in [5.41, 5.74) is 0.244. The zero-order valence-corrected chi connectivity index (χ0v) is 25.0. The predicted octanol–water partition coefficient (Wildman–Crippen LogP) is 2.41. The van der Waals surface area contributed by atoms with Gasteiger partial charge in [-0.25, -0.2) is 9.37 Å². The molecule has 3 aromatic rings. The number of fused-ring (bicyclic) bond motifs is 2. The normalized spacial score (nSPS) is 23.5. The van der Waals surface area contributed by atoms with Crippen LogP contribution >= 0.6 is 18.9 Å². The van der Waals surface area contributed by atoms with Crippen LogP contribution in [0.25, 0.3) is 10.1 Å². The maximum absolute atomic E-state index is 14.2. The van der Waals surface area contributed by atoms with Crippen LogP contribution in [0.2, 0.25) is 0 Å². The molecule has 2 unspecified atom stereocenters. The highest BCUT2D eigenvalue weighted by molar-refractivity contribution is 7.51. The lowest BCUT2D eigenvalue weighted by atomic mass is 9.92. The number of likely N-dealkylation sites (tertiary alicyclic amines) is 1. The fourth-order valence-electron chi connectivity index (χ4n) is 6.35. The topological polar surface area (TPSA) is 162 Å². The summed E-state index contributed by atoms with van der Waals surface area (Å²) in [5.74, 6) is -3.51. The molecular weight excluding hydrogens is 600 g/mol.